The maximum atomic E-state index is 11.7. The molecule has 0 spiro atoms. The van der Waals surface area contributed by atoms with Crippen molar-refractivity contribution in [2.24, 2.45) is 5.41 Å². The SMILES string of the molecule is CC(C)(C)C(=O)CCCCOc1ccc(Cl)cc1Cl. The predicted molar refractivity (Wildman–Crippen MR) is 80.3 cm³/mol. The first-order valence-corrected chi connectivity index (χ1v) is 7.17. The van der Waals surface area contributed by atoms with Crippen molar-refractivity contribution < 1.29 is 9.53 Å². The molecule has 1 rings (SSSR count). The monoisotopic (exact) mass is 302 g/mol. The summed E-state index contributed by atoms with van der Waals surface area (Å²) >= 11 is 11.8. The molecule has 1 aromatic carbocycles. The molecule has 0 aliphatic heterocycles. The fraction of sp³-hybridized carbons (Fsp3) is 0.533. The molecule has 0 N–H and O–H groups in total. The summed E-state index contributed by atoms with van der Waals surface area (Å²) in [5.74, 6) is 0.922. The van der Waals surface area contributed by atoms with E-state index in [-0.39, 0.29) is 11.2 Å². The van der Waals surface area contributed by atoms with Gasteiger partial charge in [0.25, 0.3) is 0 Å². The average Bonchev–Trinajstić information content (AvgIpc) is 2.29. The molecule has 19 heavy (non-hydrogen) atoms. The zero-order chi connectivity index (χ0) is 14.5. The number of Topliss-reactive ketones (excluding diaryl/α,β-unsaturated/α-hetero) is 1. The van der Waals surface area contributed by atoms with Gasteiger partial charge in [-0.1, -0.05) is 44.0 Å². The number of benzene rings is 1. The zero-order valence-electron chi connectivity index (χ0n) is 11.6. The van der Waals surface area contributed by atoms with Gasteiger partial charge in [0.1, 0.15) is 11.5 Å². The van der Waals surface area contributed by atoms with E-state index in [4.69, 9.17) is 27.9 Å². The largest absolute Gasteiger partial charge is 0.492 e. The van der Waals surface area contributed by atoms with Crippen LogP contribution in [0.5, 0.6) is 5.75 Å². The number of carbonyl (C=O) groups excluding carboxylic acids is 1. The van der Waals surface area contributed by atoms with Gasteiger partial charge < -0.3 is 4.74 Å². The Bertz CT molecular complexity index is 436. The van der Waals surface area contributed by atoms with Gasteiger partial charge in [-0.05, 0) is 31.0 Å². The average molecular weight is 303 g/mol. The number of ether oxygens (including phenoxy) is 1. The van der Waals surface area contributed by atoms with E-state index in [0.29, 0.717) is 28.8 Å². The third kappa shape index (κ3) is 5.84. The summed E-state index contributed by atoms with van der Waals surface area (Å²) < 4.78 is 5.56. The Hall–Kier alpha value is -0.730. The highest BCUT2D eigenvalue weighted by Gasteiger charge is 2.19. The third-order valence-corrected chi connectivity index (χ3v) is 3.32. The summed E-state index contributed by atoms with van der Waals surface area (Å²) in [6.45, 7) is 6.39. The van der Waals surface area contributed by atoms with Crippen LogP contribution in [-0.4, -0.2) is 12.4 Å². The van der Waals surface area contributed by atoms with Crippen LogP contribution in [0.3, 0.4) is 0 Å². The summed E-state index contributed by atoms with van der Waals surface area (Å²) in [5.41, 5.74) is -0.250. The maximum absolute atomic E-state index is 11.7. The first kappa shape index (κ1) is 16.3. The lowest BCUT2D eigenvalue weighted by molar-refractivity contribution is -0.126. The molecule has 0 aliphatic rings. The van der Waals surface area contributed by atoms with Gasteiger partial charge in [-0.15, -0.1) is 0 Å². The van der Waals surface area contributed by atoms with Crippen molar-refractivity contribution in [2.75, 3.05) is 6.61 Å². The van der Waals surface area contributed by atoms with E-state index < -0.39 is 0 Å². The molecule has 0 fully saturated rings. The number of unbranched alkanes of at least 4 members (excludes halogenated alkanes) is 1. The lowest BCUT2D eigenvalue weighted by Crippen LogP contribution is -2.19. The molecule has 0 aliphatic carbocycles. The number of ketones is 1. The van der Waals surface area contributed by atoms with Crippen LogP contribution < -0.4 is 4.74 Å². The van der Waals surface area contributed by atoms with Crippen molar-refractivity contribution >= 4 is 29.0 Å². The number of hydrogen-bond donors (Lipinski definition) is 0. The molecule has 0 radical (unpaired) electrons. The van der Waals surface area contributed by atoms with Gasteiger partial charge in [-0.25, -0.2) is 0 Å². The quantitative estimate of drug-likeness (QED) is 0.679. The highest BCUT2D eigenvalue weighted by atomic mass is 35.5. The standard InChI is InChI=1S/C15H20Cl2O2/c1-15(2,3)14(18)6-4-5-9-19-13-8-7-11(16)10-12(13)17/h7-8,10H,4-6,9H2,1-3H3. The molecule has 0 saturated heterocycles. The number of rotatable bonds is 6. The summed E-state index contributed by atoms with van der Waals surface area (Å²) in [6.07, 6.45) is 2.27. The van der Waals surface area contributed by atoms with Gasteiger partial charge in [0.2, 0.25) is 0 Å². The molecular weight excluding hydrogens is 283 g/mol. The van der Waals surface area contributed by atoms with Crippen molar-refractivity contribution in [2.45, 2.75) is 40.0 Å². The molecule has 0 saturated carbocycles. The topological polar surface area (TPSA) is 26.3 Å². The molecule has 0 heterocycles. The second-order valence-electron chi connectivity index (χ2n) is 5.55. The van der Waals surface area contributed by atoms with E-state index in [9.17, 15) is 4.79 Å². The van der Waals surface area contributed by atoms with Gasteiger partial charge in [0.15, 0.2) is 0 Å². The number of carbonyl (C=O) groups is 1. The van der Waals surface area contributed by atoms with Gasteiger partial charge in [-0.2, -0.15) is 0 Å². The summed E-state index contributed by atoms with van der Waals surface area (Å²) in [7, 11) is 0. The van der Waals surface area contributed by atoms with Crippen LogP contribution in [0.15, 0.2) is 18.2 Å². The van der Waals surface area contributed by atoms with E-state index in [1.165, 1.54) is 0 Å². The number of halogens is 2. The van der Waals surface area contributed by atoms with E-state index in [2.05, 4.69) is 0 Å². The van der Waals surface area contributed by atoms with Crippen LogP contribution in [0.2, 0.25) is 10.0 Å². The molecule has 0 bridgehead atoms. The van der Waals surface area contributed by atoms with E-state index in [1.807, 2.05) is 20.8 Å². The first-order chi connectivity index (χ1) is 8.80. The Morgan fingerprint density at radius 2 is 1.89 bits per heavy atom. The highest BCUT2D eigenvalue weighted by Crippen LogP contribution is 2.27. The van der Waals surface area contributed by atoms with Crippen molar-refractivity contribution in [3.8, 4) is 5.75 Å². The molecule has 0 aromatic heterocycles. The van der Waals surface area contributed by atoms with Crippen molar-refractivity contribution in [3.63, 3.8) is 0 Å². The zero-order valence-corrected chi connectivity index (χ0v) is 13.1. The smallest absolute Gasteiger partial charge is 0.138 e. The second-order valence-corrected chi connectivity index (χ2v) is 6.40. The lowest BCUT2D eigenvalue weighted by Gasteiger charge is -2.16. The Kier molecular flexibility index (Phi) is 6.15. The van der Waals surface area contributed by atoms with Gasteiger partial charge in [0.05, 0.1) is 11.6 Å². The minimum Gasteiger partial charge on any atom is -0.492 e. The van der Waals surface area contributed by atoms with Crippen molar-refractivity contribution in [1.82, 2.24) is 0 Å². The Labute approximate surface area is 125 Å². The lowest BCUT2D eigenvalue weighted by atomic mass is 9.88. The molecule has 1 aromatic rings. The number of hydrogen-bond acceptors (Lipinski definition) is 2. The fourth-order valence-corrected chi connectivity index (χ4v) is 2.00. The van der Waals surface area contributed by atoms with Crippen LogP contribution in [0, 0.1) is 5.41 Å². The van der Waals surface area contributed by atoms with E-state index >= 15 is 0 Å². The van der Waals surface area contributed by atoms with Crippen LogP contribution in [0.25, 0.3) is 0 Å². The molecular formula is C15H20Cl2O2. The summed E-state index contributed by atoms with van der Waals surface area (Å²) in [6, 6.07) is 5.15. The Morgan fingerprint density at radius 1 is 1.21 bits per heavy atom. The van der Waals surface area contributed by atoms with Crippen LogP contribution in [-0.2, 0) is 4.79 Å². The van der Waals surface area contributed by atoms with Gasteiger partial charge in [-0.3, -0.25) is 4.79 Å². The highest BCUT2D eigenvalue weighted by molar-refractivity contribution is 6.35. The second kappa shape index (κ2) is 7.16. The first-order valence-electron chi connectivity index (χ1n) is 6.42. The van der Waals surface area contributed by atoms with Crippen LogP contribution in [0.1, 0.15) is 40.0 Å². The van der Waals surface area contributed by atoms with Gasteiger partial charge in [0, 0.05) is 16.9 Å². The normalized spacial score (nSPS) is 11.4. The summed E-state index contributed by atoms with van der Waals surface area (Å²) in [5, 5.41) is 1.10. The fourth-order valence-electron chi connectivity index (χ4n) is 1.54. The predicted octanol–water partition coefficient (Wildman–Crippen LogP) is 5.16. The Balaban J connectivity index is 2.26. The minimum absolute atomic E-state index is 0.250. The van der Waals surface area contributed by atoms with E-state index in [1.54, 1.807) is 18.2 Å². The van der Waals surface area contributed by atoms with Crippen molar-refractivity contribution in [1.29, 1.82) is 0 Å². The van der Waals surface area contributed by atoms with Crippen LogP contribution >= 0.6 is 23.2 Å². The molecule has 4 heteroatoms. The molecule has 2 nitrogen and oxygen atoms in total. The molecule has 0 unspecified atom stereocenters. The minimum atomic E-state index is -0.250. The molecule has 0 amide bonds. The van der Waals surface area contributed by atoms with Crippen molar-refractivity contribution in [3.05, 3.63) is 28.2 Å². The Morgan fingerprint density at radius 3 is 2.47 bits per heavy atom. The molecule has 0 atom stereocenters. The van der Waals surface area contributed by atoms with Gasteiger partial charge >= 0.3 is 0 Å². The summed E-state index contributed by atoms with van der Waals surface area (Å²) in [4.78, 5) is 11.7. The van der Waals surface area contributed by atoms with Crippen LogP contribution in [0.4, 0.5) is 0 Å². The van der Waals surface area contributed by atoms with E-state index in [0.717, 1.165) is 12.8 Å². The molecule has 106 valence electrons. The third-order valence-electron chi connectivity index (χ3n) is 2.79. The maximum Gasteiger partial charge on any atom is 0.138 e.